The summed E-state index contributed by atoms with van der Waals surface area (Å²) in [6.07, 6.45) is -1.90. The maximum Gasteiger partial charge on any atom is 0.434 e. The van der Waals surface area contributed by atoms with E-state index in [9.17, 15) is 13.2 Å². The van der Waals surface area contributed by atoms with Gasteiger partial charge in [0, 0.05) is 44.0 Å². The van der Waals surface area contributed by atoms with Gasteiger partial charge in [-0.25, -0.2) is 4.98 Å². The molecule has 0 saturated carbocycles. The highest BCUT2D eigenvalue weighted by molar-refractivity contribution is 14.0. The first-order chi connectivity index (χ1) is 14.5. The molecule has 5 nitrogen and oxygen atoms in total. The summed E-state index contributed by atoms with van der Waals surface area (Å²) in [6.45, 7) is 4.50. The van der Waals surface area contributed by atoms with Crippen molar-refractivity contribution in [3.63, 3.8) is 0 Å². The largest absolute Gasteiger partial charge is 0.434 e. The summed E-state index contributed by atoms with van der Waals surface area (Å²) < 4.78 is 44.0. The van der Waals surface area contributed by atoms with E-state index in [1.807, 2.05) is 25.1 Å². The van der Waals surface area contributed by atoms with Gasteiger partial charge in [0.25, 0.3) is 0 Å². The average molecular weight is 568 g/mol. The van der Waals surface area contributed by atoms with Crippen LogP contribution in [0, 0.1) is 5.92 Å². The fourth-order valence-electron chi connectivity index (χ4n) is 3.44. The SMILES string of the molecule is CCNC(=NCC1CCCOC1c1ccccc1)NCCc1nc(C(F)(F)F)cs1.I. The van der Waals surface area contributed by atoms with Crippen molar-refractivity contribution in [1.29, 1.82) is 0 Å². The smallest absolute Gasteiger partial charge is 0.373 e. The van der Waals surface area contributed by atoms with Crippen LogP contribution in [-0.2, 0) is 17.3 Å². The van der Waals surface area contributed by atoms with Crippen LogP contribution in [0.3, 0.4) is 0 Å². The molecule has 1 aromatic heterocycles. The van der Waals surface area contributed by atoms with Gasteiger partial charge < -0.3 is 15.4 Å². The van der Waals surface area contributed by atoms with Crippen LogP contribution in [-0.4, -0.2) is 37.2 Å². The summed E-state index contributed by atoms with van der Waals surface area (Å²) in [7, 11) is 0. The Hall–Kier alpha value is -1.40. The number of aromatic nitrogens is 1. The molecule has 172 valence electrons. The van der Waals surface area contributed by atoms with Gasteiger partial charge in [-0.05, 0) is 25.3 Å². The fraction of sp³-hybridized carbons (Fsp3) is 0.524. The van der Waals surface area contributed by atoms with Crippen LogP contribution in [0.15, 0.2) is 40.7 Å². The summed E-state index contributed by atoms with van der Waals surface area (Å²) in [6, 6.07) is 10.2. The average Bonchev–Trinajstić information content (AvgIpc) is 3.22. The summed E-state index contributed by atoms with van der Waals surface area (Å²) in [5.41, 5.74) is 0.340. The fourth-order valence-corrected chi connectivity index (χ4v) is 4.24. The Morgan fingerprint density at radius 2 is 2.03 bits per heavy atom. The molecule has 2 heterocycles. The second-order valence-corrected chi connectivity index (χ2v) is 8.07. The number of halogens is 4. The van der Waals surface area contributed by atoms with Crippen molar-refractivity contribution in [2.45, 2.75) is 38.5 Å². The highest BCUT2D eigenvalue weighted by Gasteiger charge is 2.33. The second kappa shape index (κ2) is 12.6. The van der Waals surface area contributed by atoms with Gasteiger partial charge in [-0.15, -0.1) is 35.3 Å². The number of nitrogens with zero attached hydrogens (tertiary/aromatic N) is 2. The Bertz CT molecular complexity index is 816. The van der Waals surface area contributed by atoms with Crippen LogP contribution in [0.2, 0.25) is 0 Å². The molecule has 3 rings (SSSR count). The number of alkyl halides is 3. The van der Waals surface area contributed by atoms with E-state index in [-0.39, 0.29) is 36.0 Å². The Labute approximate surface area is 201 Å². The third-order valence-electron chi connectivity index (χ3n) is 4.87. The van der Waals surface area contributed by atoms with E-state index in [1.54, 1.807) is 0 Å². The lowest BCUT2D eigenvalue weighted by molar-refractivity contribution is -0.140. The van der Waals surface area contributed by atoms with E-state index in [4.69, 9.17) is 9.73 Å². The number of ether oxygens (including phenoxy) is 1. The molecule has 2 unspecified atom stereocenters. The second-order valence-electron chi connectivity index (χ2n) is 7.13. The molecular weight excluding hydrogens is 540 g/mol. The van der Waals surface area contributed by atoms with Crippen molar-refractivity contribution < 1.29 is 17.9 Å². The number of rotatable bonds is 7. The standard InChI is InChI=1S/C21H27F3N4OS.HI/c1-2-25-20(26-11-10-18-28-17(14-30-18)21(22,23)24)27-13-16-9-6-12-29-19(16)15-7-4-3-5-8-15;/h3-5,7-8,14,16,19H,2,6,9-13H2,1H3,(H2,25,26,27);1H. The van der Waals surface area contributed by atoms with Crippen LogP contribution in [0.5, 0.6) is 0 Å². The lowest BCUT2D eigenvalue weighted by Gasteiger charge is -2.31. The van der Waals surface area contributed by atoms with Gasteiger partial charge >= 0.3 is 6.18 Å². The highest BCUT2D eigenvalue weighted by atomic mass is 127. The van der Waals surface area contributed by atoms with Gasteiger partial charge in [0.1, 0.15) is 0 Å². The Morgan fingerprint density at radius 3 is 2.71 bits per heavy atom. The maximum absolute atomic E-state index is 12.7. The summed E-state index contributed by atoms with van der Waals surface area (Å²) in [4.78, 5) is 8.37. The van der Waals surface area contributed by atoms with Crippen LogP contribution in [0.1, 0.15) is 42.1 Å². The highest BCUT2D eigenvalue weighted by Crippen LogP contribution is 2.33. The molecule has 1 aromatic carbocycles. The van der Waals surface area contributed by atoms with E-state index < -0.39 is 11.9 Å². The van der Waals surface area contributed by atoms with E-state index in [2.05, 4.69) is 27.8 Å². The zero-order chi connectivity index (χ0) is 21.4. The van der Waals surface area contributed by atoms with Crippen LogP contribution in [0.4, 0.5) is 13.2 Å². The van der Waals surface area contributed by atoms with Crippen LogP contribution < -0.4 is 10.6 Å². The van der Waals surface area contributed by atoms with Crippen LogP contribution >= 0.6 is 35.3 Å². The predicted octanol–water partition coefficient (Wildman–Crippen LogP) is 5.05. The molecule has 0 amide bonds. The quantitative estimate of drug-likeness (QED) is 0.279. The molecule has 1 saturated heterocycles. The summed E-state index contributed by atoms with van der Waals surface area (Å²) in [5, 5.41) is 7.90. The van der Waals surface area contributed by atoms with Crippen molar-refractivity contribution in [2.24, 2.45) is 10.9 Å². The number of hydrogen-bond donors (Lipinski definition) is 2. The normalized spacial score (nSPS) is 19.5. The maximum atomic E-state index is 12.7. The molecule has 1 aliphatic rings. The molecule has 1 fully saturated rings. The predicted molar refractivity (Wildman–Crippen MR) is 128 cm³/mol. The minimum atomic E-state index is -4.39. The number of hydrogen-bond acceptors (Lipinski definition) is 4. The summed E-state index contributed by atoms with van der Waals surface area (Å²) in [5.74, 6) is 0.937. The molecule has 10 heteroatoms. The number of thiazole rings is 1. The summed E-state index contributed by atoms with van der Waals surface area (Å²) >= 11 is 1.03. The van der Waals surface area contributed by atoms with Gasteiger partial charge in [-0.3, -0.25) is 4.99 Å². The topological polar surface area (TPSA) is 58.5 Å². The lowest BCUT2D eigenvalue weighted by atomic mass is 9.89. The Morgan fingerprint density at radius 1 is 1.26 bits per heavy atom. The number of aliphatic imine (C=N–C) groups is 1. The monoisotopic (exact) mass is 568 g/mol. The van der Waals surface area contributed by atoms with Crippen molar-refractivity contribution in [2.75, 3.05) is 26.2 Å². The molecule has 2 atom stereocenters. The number of nitrogens with one attached hydrogen (secondary N) is 2. The van der Waals surface area contributed by atoms with Gasteiger partial charge in [0.15, 0.2) is 11.7 Å². The first-order valence-corrected chi connectivity index (χ1v) is 11.1. The first-order valence-electron chi connectivity index (χ1n) is 10.2. The molecule has 31 heavy (non-hydrogen) atoms. The van der Waals surface area contributed by atoms with E-state index in [0.717, 1.165) is 36.2 Å². The van der Waals surface area contributed by atoms with Gasteiger partial charge in [-0.2, -0.15) is 13.2 Å². The third kappa shape index (κ3) is 7.90. The molecule has 0 bridgehead atoms. The van der Waals surface area contributed by atoms with Gasteiger partial charge in [-0.1, -0.05) is 30.3 Å². The Kier molecular flexibility index (Phi) is 10.5. The molecule has 0 aliphatic carbocycles. The first kappa shape index (κ1) is 25.9. The van der Waals surface area contributed by atoms with Crippen LogP contribution in [0.25, 0.3) is 0 Å². The van der Waals surface area contributed by atoms with Crippen molar-refractivity contribution in [1.82, 2.24) is 15.6 Å². The Balaban J connectivity index is 0.00000341. The molecule has 0 spiro atoms. The molecule has 1 aliphatic heterocycles. The van der Waals surface area contributed by atoms with Gasteiger partial charge in [0.2, 0.25) is 0 Å². The lowest BCUT2D eigenvalue weighted by Crippen LogP contribution is -2.39. The van der Waals surface area contributed by atoms with E-state index in [1.165, 1.54) is 5.56 Å². The molecular formula is C21H28F3IN4OS. The van der Waals surface area contributed by atoms with Crippen molar-refractivity contribution in [3.05, 3.63) is 52.0 Å². The zero-order valence-corrected chi connectivity index (χ0v) is 20.5. The molecule has 2 aromatic rings. The minimum Gasteiger partial charge on any atom is -0.373 e. The van der Waals surface area contributed by atoms with Gasteiger partial charge in [0.05, 0.1) is 11.1 Å². The molecule has 2 N–H and O–H groups in total. The van der Waals surface area contributed by atoms with Crippen molar-refractivity contribution >= 4 is 41.3 Å². The van der Waals surface area contributed by atoms with E-state index >= 15 is 0 Å². The number of guanidine groups is 1. The van der Waals surface area contributed by atoms with E-state index in [0.29, 0.717) is 37.0 Å². The van der Waals surface area contributed by atoms with Crippen molar-refractivity contribution in [3.8, 4) is 0 Å². The molecule has 0 radical (unpaired) electrons. The zero-order valence-electron chi connectivity index (χ0n) is 17.3. The number of benzene rings is 1. The third-order valence-corrected chi connectivity index (χ3v) is 5.78. The minimum absolute atomic E-state index is 0.